The van der Waals surface area contributed by atoms with Crippen molar-refractivity contribution >= 4 is 5.91 Å². The molecule has 0 fully saturated rings. The zero-order chi connectivity index (χ0) is 11.0. The lowest BCUT2D eigenvalue weighted by molar-refractivity contribution is -0.118. The summed E-state index contributed by atoms with van der Waals surface area (Å²) in [6.07, 6.45) is 4.98. The largest absolute Gasteiger partial charge is 0.381 e. The van der Waals surface area contributed by atoms with E-state index in [-0.39, 0.29) is 5.91 Å². The molecule has 3 heteroatoms. The molecule has 0 saturated heterocycles. The highest BCUT2D eigenvalue weighted by molar-refractivity contribution is 5.73. The molecule has 3 nitrogen and oxygen atoms in total. The zero-order valence-electron chi connectivity index (χ0n) is 9.58. The maximum absolute atomic E-state index is 10.5. The summed E-state index contributed by atoms with van der Waals surface area (Å²) < 4.78 is 5.35. The molecule has 0 aliphatic rings. The fourth-order valence-corrected chi connectivity index (χ4v) is 1.75. The van der Waals surface area contributed by atoms with Gasteiger partial charge >= 0.3 is 0 Å². The summed E-state index contributed by atoms with van der Waals surface area (Å²) in [4.78, 5) is 10.5. The molecule has 2 N–H and O–H groups in total. The lowest BCUT2D eigenvalue weighted by Crippen LogP contribution is -2.19. The SMILES string of the molecule is CCC(OC)C(C)CCCCC(N)=O. The van der Waals surface area contributed by atoms with Gasteiger partial charge in [0, 0.05) is 13.5 Å². The van der Waals surface area contributed by atoms with Gasteiger partial charge in [0.1, 0.15) is 0 Å². The number of amides is 1. The van der Waals surface area contributed by atoms with Crippen LogP contribution in [-0.4, -0.2) is 19.1 Å². The number of carbonyl (C=O) groups is 1. The summed E-state index contributed by atoms with van der Waals surface area (Å²) in [6, 6.07) is 0. The highest BCUT2D eigenvalue weighted by Crippen LogP contribution is 2.17. The lowest BCUT2D eigenvalue weighted by atomic mass is 9.95. The highest BCUT2D eigenvalue weighted by Gasteiger charge is 2.13. The van der Waals surface area contributed by atoms with E-state index in [1.807, 2.05) is 0 Å². The average molecular weight is 201 g/mol. The molecule has 0 bridgehead atoms. The van der Waals surface area contributed by atoms with Crippen LogP contribution in [0.15, 0.2) is 0 Å². The first kappa shape index (κ1) is 13.4. The van der Waals surface area contributed by atoms with Gasteiger partial charge in [0.25, 0.3) is 0 Å². The van der Waals surface area contributed by atoms with Crippen molar-refractivity contribution in [1.82, 2.24) is 0 Å². The molecule has 0 aliphatic heterocycles. The minimum atomic E-state index is -0.198. The maximum Gasteiger partial charge on any atom is 0.217 e. The molecule has 0 aliphatic carbocycles. The van der Waals surface area contributed by atoms with Crippen LogP contribution in [0.4, 0.5) is 0 Å². The standard InChI is InChI=1S/C11H23NO2/c1-4-10(14-3)9(2)7-5-6-8-11(12)13/h9-10H,4-8H2,1-3H3,(H2,12,13). The molecule has 0 aromatic rings. The minimum absolute atomic E-state index is 0.198. The Morgan fingerprint density at radius 2 is 2.07 bits per heavy atom. The monoisotopic (exact) mass is 201 g/mol. The minimum Gasteiger partial charge on any atom is -0.381 e. The quantitative estimate of drug-likeness (QED) is 0.611. The Kier molecular flexibility index (Phi) is 7.48. The second-order valence-electron chi connectivity index (χ2n) is 3.87. The Hall–Kier alpha value is -0.570. The number of hydrogen-bond acceptors (Lipinski definition) is 2. The van der Waals surface area contributed by atoms with Gasteiger partial charge in [-0.25, -0.2) is 0 Å². The van der Waals surface area contributed by atoms with Gasteiger partial charge in [0.2, 0.25) is 5.91 Å². The summed E-state index contributed by atoms with van der Waals surface area (Å²) in [5.41, 5.74) is 5.06. The van der Waals surface area contributed by atoms with E-state index in [4.69, 9.17) is 10.5 Å². The third-order valence-corrected chi connectivity index (χ3v) is 2.67. The van der Waals surface area contributed by atoms with Crippen LogP contribution in [0.25, 0.3) is 0 Å². The van der Waals surface area contributed by atoms with Crippen LogP contribution >= 0.6 is 0 Å². The van der Waals surface area contributed by atoms with Crippen LogP contribution in [0.5, 0.6) is 0 Å². The van der Waals surface area contributed by atoms with Gasteiger partial charge in [-0.2, -0.15) is 0 Å². The Morgan fingerprint density at radius 1 is 1.43 bits per heavy atom. The molecule has 0 spiro atoms. The number of carbonyl (C=O) groups excluding carboxylic acids is 1. The van der Waals surface area contributed by atoms with E-state index in [9.17, 15) is 4.79 Å². The number of rotatable bonds is 8. The van der Waals surface area contributed by atoms with Gasteiger partial charge in [-0.1, -0.05) is 20.3 Å². The van der Waals surface area contributed by atoms with Crippen molar-refractivity contribution in [2.24, 2.45) is 11.7 Å². The molecule has 2 atom stereocenters. The van der Waals surface area contributed by atoms with Crippen LogP contribution in [0.2, 0.25) is 0 Å². The first-order valence-electron chi connectivity index (χ1n) is 5.42. The van der Waals surface area contributed by atoms with Gasteiger partial charge in [-0.05, 0) is 25.2 Å². The van der Waals surface area contributed by atoms with E-state index in [0.717, 1.165) is 25.7 Å². The lowest BCUT2D eigenvalue weighted by Gasteiger charge is -2.20. The summed E-state index contributed by atoms with van der Waals surface area (Å²) >= 11 is 0. The van der Waals surface area contributed by atoms with Gasteiger partial charge in [-0.3, -0.25) is 4.79 Å². The highest BCUT2D eigenvalue weighted by atomic mass is 16.5. The second kappa shape index (κ2) is 7.80. The summed E-state index contributed by atoms with van der Waals surface area (Å²) in [5.74, 6) is 0.370. The zero-order valence-corrected chi connectivity index (χ0v) is 9.58. The van der Waals surface area contributed by atoms with E-state index in [0.29, 0.717) is 18.4 Å². The molecular weight excluding hydrogens is 178 g/mol. The van der Waals surface area contributed by atoms with Gasteiger partial charge < -0.3 is 10.5 Å². The smallest absolute Gasteiger partial charge is 0.217 e. The van der Waals surface area contributed by atoms with E-state index in [2.05, 4.69) is 13.8 Å². The Bertz CT molecular complexity index is 155. The fraction of sp³-hybridized carbons (Fsp3) is 0.909. The fourth-order valence-electron chi connectivity index (χ4n) is 1.75. The summed E-state index contributed by atoms with van der Waals surface area (Å²) in [5, 5.41) is 0. The number of nitrogens with two attached hydrogens (primary N) is 1. The van der Waals surface area contributed by atoms with Crippen LogP contribution in [0, 0.1) is 5.92 Å². The Balaban J connectivity index is 3.51. The Morgan fingerprint density at radius 3 is 2.50 bits per heavy atom. The van der Waals surface area contributed by atoms with Crippen molar-refractivity contribution < 1.29 is 9.53 Å². The molecule has 2 unspecified atom stereocenters. The van der Waals surface area contributed by atoms with Crippen molar-refractivity contribution in [3.63, 3.8) is 0 Å². The van der Waals surface area contributed by atoms with Crippen LogP contribution in [-0.2, 0) is 9.53 Å². The number of ether oxygens (including phenoxy) is 1. The van der Waals surface area contributed by atoms with E-state index in [1.165, 1.54) is 0 Å². The molecule has 0 aromatic carbocycles. The van der Waals surface area contributed by atoms with Gasteiger partial charge in [0.05, 0.1) is 6.10 Å². The number of unbranched alkanes of at least 4 members (excludes halogenated alkanes) is 1. The molecule has 0 saturated carbocycles. The molecule has 0 heterocycles. The predicted molar refractivity (Wildman–Crippen MR) is 57.9 cm³/mol. The van der Waals surface area contributed by atoms with Crippen molar-refractivity contribution in [2.75, 3.05) is 7.11 Å². The second-order valence-corrected chi connectivity index (χ2v) is 3.87. The van der Waals surface area contributed by atoms with Crippen molar-refractivity contribution in [3.05, 3.63) is 0 Å². The number of methoxy groups -OCH3 is 1. The maximum atomic E-state index is 10.5. The van der Waals surface area contributed by atoms with E-state index < -0.39 is 0 Å². The first-order chi connectivity index (χ1) is 6.61. The third kappa shape index (κ3) is 5.97. The van der Waals surface area contributed by atoms with Crippen molar-refractivity contribution in [3.8, 4) is 0 Å². The molecule has 1 amide bonds. The van der Waals surface area contributed by atoms with E-state index >= 15 is 0 Å². The topological polar surface area (TPSA) is 52.3 Å². The normalized spacial score (nSPS) is 15.1. The van der Waals surface area contributed by atoms with E-state index in [1.54, 1.807) is 7.11 Å². The number of hydrogen-bond donors (Lipinski definition) is 1. The van der Waals surface area contributed by atoms with Gasteiger partial charge in [-0.15, -0.1) is 0 Å². The summed E-state index contributed by atoms with van der Waals surface area (Å²) in [7, 11) is 1.76. The van der Waals surface area contributed by atoms with Crippen LogP contribution in [0.1, 0.15) is 46.0 Å². The first-order valence-corrected chi connectivity index (χ1v) is 5.42. The van der Waals surface area contributed by atoms with Crippen LogP contribution in [0.3, 0.4) is 0 Å². The third-order valence-electron chi connectivity index (χ3n) is 2.67. The average Bonchev–Trinajstić information content (AvgIpc) is 2.14. The molecule has 0 rings (SSSR count). The molecule has 0 aromatic heterocycles. The van der Waals surface area contributed by atoms with Crippen molar-refractivity contribution in [1.29, 1.82) is 0 Å². The Labute approximate surface area is 87.0 Å². The predicted octanol–water partition coefficient (Wildman–Crippen LogP) is 2.09. The molecule has 0 radical (unpaired) electrons. The molecular formula is C11H23NO2. The van der Waals surface area contributed by atoms with Crippen molar-refractivity contribution in [2.45, 2.75) is 52.1 Å². The molecule has 14 heavy (non-hydrogen) atoms. The molecule has 84 valence electrons. The number of primary amides is 1. The van der Waals surface area contributed by atoms with Crippen LogP contribution < -0.4 is 5.73 Å². The van der Waals surface area contributed by atoms with Gasteiger partial charge in [0.15, 0.2) is 0 Å². The summed E-state index contributed by atoms with van der Waals surface area (Å²) in [6.45, 7) is 4.33.